The molecular weight excluding hydrogens is 314 g/mol. The van der Waals surface area contributed by atoms with Crippen molar-refractivity contribution in [2.45, 2.75) is 6.42 Å². The third kappa shape index (κ3) is 2.94. The second-order valence-electron chi connectivity index (χ2n) is 3.40. The topological polar surface area (TPSA) is 65.8 Å². The average Bonchev–Trinajstić information content (AvgIpc) is 2.78. The van der Waals surface area contributed by atoms with Gasteiger partial charge in [0.15, 0.2) is 5.13 Å². The maximum Gasteiger partial charge on any atom is 0.240 e. The average molecular weight is 322 g/mol. The molecule has 1 aromatic heterocycles. The van der Waals surface area contributed by atoms with Gasteiger partial charge in [-0.3, -0.25) is 4.79 Å². The van der Waals surface area contributed by atoms with Crippen molar-refractivity contribution in [1.82, 2.24) is 4.98 Å². The molecule has 6 heteroatoms. The van der Waals surface area contributed by atoms with Crippen LogP contribution in [0, 0.1) is 11.3 Å². The summed E-state index contributed by atoms with van der Waals surface area (Å²) < 4.78 is 0.949. The molecule has 0 aliphatic heterocycles. The van der Waals surface area contributed by atoms with Crippen LogP contribution in [0.3, 0.4) is 0 Å². The molecule has 0 bridgehead atoms. The number of nitriles is 1. The molecule has 0 aliphatic rings. The van der Waals surface area contributed by atoms with E-state index in [2.05, 4.69) is 26.2 Å². The number of anilines is 1. The summed E-state index contributed by atoms with van der Waals surface area (Å²) in [5.41, 5.74) is 1.76. The highest BCUT2D eigenvalue weighted by Crippen LogP contribution is 2.30. The zero-order valence-corrected chi connectivity index (χ0v) is 11.6. The summed E-state index contributed by atoms with van der Waals surface area (Å²) in [7, 11) is 0. The number of amides is 1. The molecule has 4 nitrogen and oxygen atoms in total. The number of nitrogens with zero attached hydrogens (tertiary/aromatic N) is 2. The summed E-state index contributed by atoms with van der Waals surface area (Å²) in [5, 5.41) is 13.3. The van der Waals surface area contributed by atoms with E-state index in [-0.39, 0.29) is 12.3 Å². The van der Waals surface area contributed by atoms with Gasteiger partial charge >= 0.3 is 0 Å². The van der Waals surface area contributed by atoms with E-state index in [0.717, 1.165) is 15.7 Å². The predicted molar refractivity (Wildman–Crippen MR) is 74.1 cm³/mol. The van der Waals surface area contributed by atoms with Gasteiger partial charge in [-0.1, -0.05) is 34.1 Å². The Morgan fingerprint density at radius 1 is 1.50 bits per heavy atom. The molecule has 0 saturated carbocycles. The summed E-state index contributed by atoms with van der Waals surface area (Å²) in [6.45, 7) is 0. The maximum absolute atomic E-state index is 11.2. The lowest BCUT2D eigenvalue weighted by Gasteiger charge is -1.99. The van der Waals surface area contributed by atoms with Gasteiger partial charge in [0.05, 0.1) is 11.8 Å². The van der Waals surface area contributed by atoms with Crippen molar-refractivity contribution in [3.8, 4) is 17.3 Å². The molecule has 2 aromatic rings. The minimum absolute atomic E-state index is 0.163. The van der Waals surface area contributed by atoms with Crippen molar-refractivity contribution >= 4 is 38.3 Å². The lowest BCUT2D eigenvalue weighted by molar-refractivity contribution is -0.115. The smallest absolute Gasteiger partial charge is 0.240 e. The number of rotatable bonds is 3. The first-order chi connectivity index (χ1) is 8.70. The monoisotopic (exact) mass is 321 g/mol. The number of carbonyl (C=O) groups excluding carboxylic acids is 1. The van der Waals surface area contributed by atoms with E-state index in [0.29, 0.717) is 5.13 Å². The number of hydrogen-bond acceptors (Lipinski definition) is 4. The van der Waals surface area contributed by atoms with Crippen molar-refractivity contribution < 1.29 is 4.79 Å². The molecule has 1 aromatic carbocycles. The normalized spacial score (nSPS) is 9.78. The Morgan fingerprint density at radius 2 is 2.28 bits per heavy atom. The van der Waals surface area contributed by atoms with E-state index in [9.17, 15) is 4.79 Å². The van der Waals surface area contributed by atoms with E-state index in [1.54, 1.807) is 6.07 Å². The van der Waals surface area contributed by atoms with Gasteiger partial charge < -0.3 is 5.32 Å². The number of halogens is 1. The molecule has 18 heavy (non-hydrogen) atoms. The SMILES string of the molecule is N#CCC(=O)Nc1nc(-c2ccccc2Br)cs1. The molecule has 0 saturated heterocycles. The van der Waals surface area contributed by atoms with E-state index in [4.69, 9.17) is 5.26 Å². The van der Waals surface area contributed by atoms with Crippen LogP contribution in [-0.2, 0) is 4.79 Å². The van der Waals surface area contributed by atoms with E-state index >= 15 is 0 Å². The lowest BCUT2D eigenvalue weighted by atomic mass is 10.2. The Labute approximate surface area is 116 Å². The number of nitrogens with one attached hydrogen (secondary N) is 1. The summed E-state index contributed by atoms with van der Waals surface area (Å²) in [6.07, 6.45) is -0.163. The minimum atomic E-state index is -0.342. The lowest BCUT2D eigenvalue weighted by Crippen LogP contribution is -2.09. The summed E-state index contributed by atoms with van der Waals surface area (Å²) >= 11 is 4.79. The van der Waals surface area contributed by atoms with Crippen LogP contribution in [0.5, 0.6) is 0 Å². The molecule has 0 unspecified atom stereocenters. The number of benzene rings is 1. The highest BCUT2D eigenvalue weighted by molar-refractivity contribution is 9.10. The molecule has 1 amide bonds. The standard InChI is InChI=1S/C12H8BrN3OS/c13-9-4-2-1-3-8(9)10-7-18-12(15-10)16-11(17)5-6-14/h1-4,7H,5H2,(H,15,16,17). The van der Waals surface area contributed by atoms with Gasteiger partial charge in [-0.25, -0.2) is 4.98 Å². The van der Waals surface area contributed by atoms with Gasteiger partial charge in [0.2, 0.25) is 5.91 Å². The van der Waals surface area contributed by atoms with E-state index < -0.39 is 0 Å². The molecule has 1 N–H and O–H groups in total. The van der Waals surface area contributed by atoms with Gasteiger partial charge in [0, 0.05) is 15.4 Å². The fourth-order valence-corrected chi connectivity index (χ4v) is 2.57. The van der Waals surface area contributed by atoms with Crippen LogP contribution in [0.2, 0.25) is 0 Å². The summed E-state index contributed by atoms with van der Waals surface area (Å²) in [4.78, 5) is 15.6. The fourth-order valence-electron chi connectivity index (χ4n) is 1.36. The molecule has 0 fully saturated rings. The molecule has 2 rings (SSSR count). The second-order valence-corrected chi connectivity index (χ2v) is 5.11. The zero-order chi connectivity index (χ0) is 13.0. The molecule has 0 atom stereocenters. The highest BCUT2D eigenvalue weighted by Gasteiger charge is 2.09. The zero-order valence-electron chi connectivity index (χ0n) is 9.18. The van der Waals surface area contributed by atoms with Crippen LogP contribution < -0.4 is 5.32 Å². The van der Waals surface area contributed by atoms with Crippen LogP contribution in [0.25, 0.3) is 11.3 Å². The minimum Gasteiger partial charge on any atom is -0.301 e. The first kappa shape index (κ1) is 12.7. The third-order valence-electron chi connectivity index (χ3n) is 2.14. The Bertz CT molecular complexity index is 618. The highest BCUT2D eigenvalue weighted by atomic mass is 79.9. The fraction of sp³-hybridized carbons (Fsp3) is 0.0833. The molecular formula is C12H8BrN3OS. The van der Waals surface area contributed by atoms with Gasteiger partial charge in [-0.05, 0) is 6.07 Å². The van der Waals surface area contributed by atoms with Crippen LogP contribution in [0.4, 0.5) is 5.13 Å². The number of hydrogen-bond donors (Lipinski definition) is 1. The second kappa shape index (κ2) is 5.76. The van der Waals surface area contributed by atoms with Crippen LogP contribution >= 0.6 is 27.3 Å². The van der Waals surface area contributed by atoms with Crippen molar-refractivity contribution in [3.63, 3.8) is 0 Å². The van der Waals surface area contributed by atoms with Crippen LogP contribution in [-0.4, -0.2) is 10.9 Å². The predicted octanol–water partition coefficient (Wildman–Crippen LogP) is 3.42. The number of thiazole rings is 1. The van der Waals surface area contributed by atoms with Crippen molar-refractivity contribution in [2.75, 3.05) is 5.32 Å². The first-order valence-corrected chi connectivity index (χ1v) is 6.75. The van der Waals surface area contributed by atoms with E-state index in [1.807, 2.05) is 29.6 Å². The molecule has 0 radical (unpaired) electrons. The largest absolute Gasteiger partial charge is 0.301 e. The Hall–Kier alpha value is -1.71. The van der Waals surface area contributed by atoms with Crippen molar-refractivity contribution in [1.29, 1.82) is 5.26 Å². The Kier molecular flexibility index (Phi) is 4.07. The maximum atomic E-state index is 11.2. The molecule has 0 spiro atoms. The van der Waals surface area contributed by atoms with Crippen molar-refractivity contribution in [3.05, 3.63) is 34.1 Å². The molecule has 0 aliphatic carbocycles. The number of aromatic nitrogens is 1. The molecule has 1 heterocycles. The van der Waals surface area contributed by atoms with Gasteiger partial charge in [0.25, 0.3) is 0 Å². The summed E-state index contributed by atoms with van der Waals surface area (Å²) in [6, 6.07) is 9.52. The van der Waals surface area contributed by atoms with Crippen molar-refractivity contribution in [2.24, 2.45) is 0 Å². The Balaban J connectivity index is 2.19. The third-order valence-corrected chi connectivity index (χ3v) is 3.59. The molecule has 90 valence electrons. The van der Waals surface area contributed by atoms with Gasteiger partial charge in [-0.2, -0.15) is 5.26 Å². The quantitative estimate of drug-likeness (QED) is 0.941. The van der Waals surface area contributed by atoms with Crippen LogP contribution in [0.1, 0.15) is 6.42 Å². The van der Waals surface area contributed by atoms with Gasteiger partial charge in [0.1, 0.15) is 6.42 Å². The van der Waals surface area contributed by atoms with Gasteiger partial charge in [-0.15, -0.1) is 11.3 Å². The Morgan fingerprint density at radius 3 is 3.00 bits per heavy atom. The first-order valence-electron chi connectivity index (χ1n) is 5.08. The summed E-state index contributed by atoms with van der Waals surface area (Å²) in [5.74, 6) is -0.342. The number of carbonyl (C=O) groups is 1. The van der Waals surface area contributed by atoms with Crippen LogP contribution in [0.15, 0.2) is 34.1 Å². The van der Waals surface area contributed by atoms with E-state index in [1.165, 1.54) is 11.3 Å².